The first-order chi connectivity index (χ1) is 15.9. The minimum absolute atomic E-state index is 0.234. The van der Waals surface area contributed by atoms with E-state index in [1.807, 2.05) is 42.5 Å². The molecule has 10 heteroatoms. The monoisotopic (exact) mass is 503 g/mol. The minimum atomic E-state index is -3.58. The van der Waals surface area contributed by atoms with Crippen LogP contribution in [-0.2, 0) is 26.2 Å². The van der Waals surface area contributed by atoms with Crippen molar-refractivity contribution in [2.24, 2.45) is 0 Å². The van der Waals surface area contributed by atoms with E-state index in [0.29, 0.717) is 42.5 Å². The van der Waals surface area contributed by atoms with Crippen LogP contribution in [0, 0.1) is 0 Å². The van der Waals surface area contributed by atoms with Gasteiger partial charge < -0.3 is 5.32 Å². The number of carbonyl (C=O) groups excluding carboxylic acids is 1. The van der Waals surface area contributed by atoms with Crippen molar-refractivity contribution in [2.75, 3.05) is 13.1 Å². The second kappa shape index (κ2) is 8.73. The highest BCUT2D eigenvalue weighted by atomic mass is 35.5. The van der Waals surface area contributed by atoms with Gasteiger partial charge in [0.15, 0.2) is 0 Å². The molecule has 0 bridgehead atoms. The fourth-order valence-electron chi connectivity index (χ4n) is 4.22. The van der Waals surface area contributed by atoms with E-state index >= 15 is 0 Å². The Morgan fingerprint density at radius 1 is 1.12 bits per heavy atom. The smallest absolute Gasteiger partial charge is 0.269 e. The zero-order valence-corrected chi connectivity index (χ0v) is 20.0. The summed E-state index contributed by atoms with van der Waals surface area (Å²) in [5, 5.41) is 5.17. The third-order valence-corrected chi connectivity index (χ3v) is 9.64. The Labute approximate surface area is 201 Å². The van der Waals surface area contributed by atoms with Gasteiger partial charge in [0.05, 0.1) is 4.34 Å². The normalized spacial score (nSPS) is 18.3. The van der Waals surface area contributed by atoms with Crippen molar-refractivity contribution < 1.29 is 18.0 Å². The van der Waals surface area contributed by atoms with E-state index in [1.54, 1.807) is 12.1 Å². The fourth-order valence-corrected chi connectivity index (χ4v) is 7.30. The summed E-state index contributed by atoms with van der Waals surface area (Å²) in [7, 11) is -3.58. The van der Waals surface area contributed by atoms with Gasteiger partial charge in [-0.3, -0.25) is 15.1 Å². The molecule has 0 aliphatic carbocycles. The number of amides is 1. The Kier molecular flexibility index (Phi) is 5.92. The van der Waals surface area contributed by atoms with Gasteiger partial charge >= 0.3 is 0 Å². The van der Waals surface area contributed by atoms with Crippen LogP contribution in [0.5, 0.6) is 0 Å². The maximum absolute atomic E-state index is 12.8. The molecule has 0 radical (unpaired) electrons. The van der Waals surface area contributed by atoms with Gasteiger partial charge in [-0.2, -0.15) is 4.31 Å². The van der Waals surface area contributed by atoms with Crippen LogP contribution in [0.25, 0.3) is 10.8 Å². The number of piperidine rings is 1. The standard InChI is InChI=1S/C23H22ClN3O4S2/c24-20-8-9-21(32-20)33(29,30)27-12-10-23(11-13-27)14-19(26-31-23)22(28)25-15-17-6-3-5-16-4-1-2-7-18(16)17/h1-9,14,26H,10-13,15H2,(H,25,28). The van der Waals surface area contributed by atoms with Crippen LogP contribution in [0.15, 0.2) is 70.6 Å². The van der Waals surface area contributed by atoms with Crippen molar-refractivity contribution in [2.45, 2.75) is 29.2 Å². The molecule has 2 N–H and O–H groups in total. The molecular formula is C23H22ClN3O4S2. The summed E-state index contributed by atoms with van der Waals surface area (Å²) in [5.74, 6) is -0.261. The van der Waals surface area contributed by atoms with Gasteiger partial charge in [0.1, 0.15) is 15.5 Å². The Bertz CT molecular complexity index is 1340. The molecule has 5 rings (SSSR count). The Hall–Kier alpha value is -2.43. The molecule has 1 saturated heterocycles. The molecule has 0 saturated carbocycles. The SMILES string of the molecule is O=C(NCc1cccc2ccccc12)C1=CC2(CCN(S(=O)(=O)c3ccc(Cl)s3)CC2)ON1. The molecule has 33 heavy (non-hydrogen) atoms. The number of nitrogens with zero attached hydrogens (tertiary/aromatic N) is 1. The molecule has 2 aliphatic rings. The zero-order valence-electron chi connectivity index (χ0n) is 17.6. The minimum Gasteiger partial charge on any atom is -0.347 e. The van der Waals surface area contributed by atoms with Gasteiger partial charge in [0.25, 0.3) is 15.9 Å². The van der Waals surface area contributed by atoms with E-state index < -0.39 is 15.6 Å². The number of carbonyl (C=O) groups is 1. The van der Waals surface area contributed by atoms with E-state index in [9.17, 15) is 13.2 Å². The molecule has 172 valence electrons. The van der Waals surface area contributed by atoms with E-state index in [0.717, 1.165) is 27.7 Å². The predicted molar refractivity (Wildman–Crippen MR) is 128 cm³/mol. The van der Waals surface area contributed by atoms with Crippen molar-refractivity contribution in [3.8, 4) is 0 Å². The number of sulfonamides is 1. The number of fused-ring (bicyclic) bond motifs is 1. The largest absolute Gasteiger partial charge is 0.347 e. The number of hydroxylamine groups is 1. The van der Waals surface area contributed by atoms with Crippen LogP contribution in [0.3, 0.4) is 0 Å². The molecule has 1 spiro atoms. The number of nitrogens with one attached hydrogen (secondary N) is 2. The van der Waals surface area contributed by atoms with E-state index in [1.165, 1.54) is 10.4 Å². The molecule has 2 aliphatic heterocycles. The summed E-state index contributed by atoms with van der Waals surface area (Å²) in [4.78, 5) is 18.5. The Balaban J connectivity index is 1.23. The highest BCUT2D eigenvalue weighted by molar-refractivity contribution is 7.91. The summed E-state index contributed by atoms with van der Waals surface area (Å²) in [5.41, 5.74) is 3.42. The van der Waals surface area contributed by atoms with Gasteiger partial charge in [-0.1, -0.05) is 54.1 Å². The number of thiophene rings is 1. The lowest BCUT2D eigenvalue weighted by molar-refractivity contribution is -0.120. The van der Waals surface area contributed by atoms with Gasteiger partial charge in [-0.25, -0.2) is 8.42 Å². The third kappa shape index (κ3) is 4.39. The molecule has 2 aromatic carbocycles. The molecule has 3 heterocycles. The van der Waals surface area contributed by atoms with Crippen molar-refractivity contribution in [1.82, 2.24) is 15.1 Å². The highest BCUT2D eigenvalue weighted by Gasteiger charge is 2.42. The highest BCUT2D eigenvalue weighted by Crippen LogP contribution is 2.35. The van der Waals surface area contributed by atoms with Crippen LogP contribution in [-0.4, -0.2) is 37.3 Å². The van der Waals surface area contributed by atoms with Crippen LogP contribution in [0.1, 0.15) is 18.4 Å². The lowest BCUT2D eigenvalue weighted by atomic mass is 9.92. The Morgan fingerprint density at radius 2 is 1.88 bits per heavy atom. The average Bonchev–Trinajstić information content (AvgIpc) is 3.45. The summed E-state index contributed by atoms with van der Waals surface area (Å²) >= 11 is 6.95. The quantitative estimate of drug-likeness (QED) is 0.552. The van der Waals surface area contributed by atoms with Crippen molar-refractivity contribution >= 4 is 49.6 Å². The molecule has 0 atom stereocenters. The summed E-state index contributed by atoms with van der Waals surface area (Å²) in [6, 6.07) is 17.2. The topological polar surface area (TPSA) is 87.7 Å². The van der Waals surface area contributed by atoms with Gasteiger partial charge in [0.2, 0.25) is 0 Å². The first-order valence-electron chi connectivity index (χ1n) is 10.5. The lowest BCUT2D eigenvalue weighted by Crippen LogP contribution is -2.46. The molecule has 1 fully saturated rings. The first kappa shape index (κ1) is 22.4. The predicted octanol–water partition coefficient (Wildman–Crippen LogP) is 3.81. The molecular weight excluding hydrogens is 482 g/mol. The van der Waals surface area contributed by atoms with Crippen LogP contribution in [0.2, 0.25) is 4.34 Å². The molecule has 0 unspecified atom stereocenters. The van der Waals surface area contributed by atoms with Crippen molar-refractivity contribution in [1.29, 1.82) is 0 Å². The van der Waals surface area contributed by atoms with Gasteiger partial charge in [-0.15, -0.1) is 11.3 Å². The van der Waals surface area contributed by atoms with Crippen LogP contribution >= 0.6 is 22.9 Å². The maximum Gasteiger partial charge on any atom is 0.269 e. The van der Waals surface area contributed by atoms with Gasteiger partial charge in [-0.05, 0) is 47.4 Å². The van der Waals surface area contributed by atoms with Crippen LogP contribution < -0.4 is 10.8 Å². The zero-order chi connectivity index (χ0) is 23.1. The second-order valence-corrected chi connectivity index (χ2v) is 12.0. The number of halogens is 1. The number of rotatable bonds is 5. The van der Waals surface area contributed by atoms with Crippen molar-refractivity contribution in [3.63, 3.8) is 0 Å². The lowest BCUT2D eigenvalue weighted by Gasteiger charge is -2.35. The number of benzene rings is 2. The Morgan fingerprint density at radius 3 is 2.64 bits per heavy atom. The second-order valence-electron chi connectivity index (χ2n) is 8.11. The summed E-state index contributed by atoms with van der Waals surface area (Å²) in [6.07, 6.45) is 2.66. The number of hydrogen-bond donors (Lipinski definition) is 2. The summed E-state index contributed by atoms with van der Waals surface area (Å²) < 4.78 is 27.8. The van der Waals surface area contributed by atoms with Crippen LogP contribution in [0.4, 0.5) is 0 Å². The number of hydrogen-bond acceptors (Lipinski definition) is 6. The fraction of sp³-hybridized carbons (Fsp3) is 0.261. The van der Waals surface area contributed by atoms with E-state index in [2.05, 4.69) is 10.8 Å². The summed E-state index contributed by atoms with van der Waals surface area (Å²) in [6.45, 7) is 0.976. The van der Waals surface area contributed by atoms with E-state index in [-0.39, 0.29) is 10.1 Å². The molecule has 7 nitrogen and oxygen atoms in total. The van der Waals surface area contributed by atoms with Gasteiger partial charge in [0, 0.05) is 19.6 Å². The maximum atomic E-state index is 12.8. The van der Waals surface area contributed by atoms with E-state index in [4.69, 9.17) is 16.4 Å². The van der Waals surface area contributed by atoms with Crippen molar-refractivity contribution in [3.05, 3.63) is 76.3 Å². The molecule has 1 amide bonds. The average molecular weight is 504 g/mol. The third-order valence-electron chi connectivity index (χ3n) is 6.05. The molecule has 3 aromatic rings. The first-order valence-corrected chi connectivity index (χ1v) is 13.2. The molecule has 1 aromatic heterocycles.